The van der Waals surface area contributed by atoms with E-state index in [-0.39, 0.29) is 0 Å². The number of fused-ring (bicyclic) bond motifs is 2. The average molecular weight is 463 g/mol. The number of rotatable bonds is 2. The van der Waals surface area contributed by atoms with E-state index in [0.717, 1.165) is 38.1 Å². The summed E-state index contributed by atoms with van der Waals surface area (Å²) in [6.07, 6.45) is -0.716. The molecule has 0 unspecified atom stereocenters. The van der Waals surface area contributed by atoms with Gasteiger partial charge >= 0.3 is 6.18 Å². The Balaban J connectivity index is 1.52. The van der Waals surface area contributed by atoms with Gasteiger partial charge in [0.2, 0.25) is 4.96 Å². The van der Waals surface area contributed by atoms with Crippen molar-refractivity contribution in [2.45, 2.75) is 6.18 Å². The zero-order valence-electron chi connectivity index (χ0n) is 14.0. The van der Waals surface area contributed by atoms with Crippen molar-refractivity contribution in [1.29, 1.82) is 0 Å². The number of nitrogens with zero attached hydrogens (tertiary/aromatic N) is 3. The molecule has 0 amide bonds. The van der Waals surface area contributed by atoms with Crippen molar-refractivity contribution in [3.63, 3.8) is 0 Å². The first kappa shape index (κ1) is 17.4. The minimum Gasteiger partial charge on any atom is -0.360 e. The third-order valence-electron chi connectivity index (χ3n) is 4.43. The Morgan fingerprint density at radius 2 is 1.86 bits per heavy atom. The summed E-state index contributed by atoms with van der Waals surface area (Å²) in [5, 5.41) is 6.46. The molecule has 5 aromatic rings. The summed E-state index contributed by atoms with van der Waals surface area (Å²) < 4.78 is 40.8. The summed E-state index contributed by atoms with van der Waals surface area (Å²) in [4.78, 5) is 8.43. The van der Waals surface area contributed by atoms with Crippen LogP contribution in [0.5, 0.6) is 0 Å². The van der Waals surface area contributed by atoms with Gasteiger partial charge in [-0.2, -0.15) is 18.3 Å². The van der Waals surface area contributed by atoms with Gasteiger partial charge in [0.15, 0.2) is 0 Å². The fraction of sp³-hybridized carbons (Fsp3) is 0.0526. The highest BCUT2D eigenvalue weighted by molar-refractivity contribution is 9.10. The van der Waals surface area contributed by atoms with E-state index in [2.05, 4.69) is 31.0 Å². The fourth-order valence-electron chi connectivity index (χ4n) is 3.05. The van der Waals surface area contributed by atoms with Crippen LogP contribution in [0.2, 0.25) is 0 Å². The molecule has 2 aromatic carbocycles. The zero-order valence-corrected chi connectivity index (χ0v) is 16.4. The van der Waals surface area contributed by atoms with Crippen LogP contribution in [-0.2, 0) is 6.18 Å². The number of H-pyrrole nitrogens is 1. The van der Waals surface area contributed by atoms with Crippen molar-refractivity contribution in [2.24, 2.45) is 0 Å². The SMILES string of the molecule is FC(F)(F)c1ccc(-c2cn3nc(-c4c[nH]c5ccc(Br)cc45)sc3n2)cc1. The van der Waals surface area contributed by atoms with Crippen LogP contribution in [0.1, 0.15) is 5.56 Å². The van der Waals surface area contributed by atoms with Crippen molar-refractivity contribution >= 4 is 43.1 Å². The van der Waals surface area contributed by atoms with Gasteiger partial charge in [0.1, 0.15) is 5.01 Å². The van der Waals surface area contributed by atoms with Gasteiger partial charge in [-0.05, 0) is 30.3 Å². The summed E-state index contributed by atoms with van der Waals surface area (Å²) in [6.45, 7) is 0. The van der Waals surface area contributed by atoms with Crippen molar-refractivity contribution in [3.8, 4) is 21.8 Å². The predicted molar refractivity (Wildman–Crippen MR) is 106 cm³/mol. The van der Waals surface area contributed by atoms with Crippen LogP contribution < -0.4 is 0 Å². The van der Waals surface area contributed by atoms with E-state index in [1.807, 2.05) is 24.4 Å². The van der Waals surface area contributed by atoms with E-state index in [1.54, 1.807) is 10.7 Å². The Kier molecular flexibility index (Phi) is 3.85. The first-order valence-corrected chi connectivity index (χ1v) is 9.80. The van der Waals surface area contributed by atoms with E-state index >= 15 is 0 Å². The second-order valence-electron chi connectivity index (χ2n) is 6.23. The average Bonchev–Trinajstić information content (AvgIpc) is 3.33. The maximum atomic E-state index is 12.7. The molecule has 140 valence electrons. The third kappa shape index (κ3) is 2.91. The molecule has 0 atom stereocenters. The number of hydrogen-bond donors (Lipinski definition) is 1. The highest BCUT2D eigenvalue weighted by Crippen LogP contribution is 2.35. The van der Waals surface area contributed by atoms with Gasteiger partial charge in [-0.15, -0.1) is 0 Å². The fourth-order valence-corrected chi connectivity index (χ4v) is 4.32. The molecule has 3 aromatic heterocycles. The quantitative estimate of drug-likeness (QED) is 0.330. The number of hydrogen-bond acceptors (Lipinski definition) is 3. The van der Waals surface area contributed by atoms with Crippen molar-refractivity contribution in [3.05, 3.63) is 64.9 Å². The lowest BCUT2D eigenvalue weighted by molar-refractivity contribution is -0.137. The molecule has 3 heterocycles. The number of imidazole rings is 1. The largest absolute Gasteiger partial charge is 0.416 e. The zero-order chi connectivity index (χ0) is 19.5. The Morgan fingerprint density at radius 3 is 2.57 bits per heavy atom. The van der Waals surface area contributed by atoms with E-state index in [4.69, 9.17) is 0 Å². The molecule has 5 rings (SSSR count). The number of aromatic amines is 1. The standard InChI is InChI=1S/C19H10BrF3N4S/c20-12-5-6-15-13(7-12)14(8-24-15)17-26-27-9-16(25-18(27)28-17)10-1-3-11(4-2-10)19(21,22)23/h1-9,24H. The van der Waals surface area contributed by atoms with Gasteiger partial charge in [0.25, 0.3) is 0 Å². The van der Waals surface area contributed by atoms with E-state index < -0.39 is 11.7 Å². The molecule has 0 aliphatic heterocycles. The van der Waals surface area contributed by atoms with E-state index in [9.17, 15) is 13.2 Å². The number of nitrogens with one attached hydrogen (secondary N) is 1. The molecule has 0 aliphatic rings. The number of aromatic nitrogens is 4. The smallest absolute Gasteiger partial charge is 0.360 e. The topological polar surface area (TPSA) is 46.0 Å². The summed E-state index contributed by atoms with van der Waals surface area (Å²) in [7, 11) is 0. The molecule has 1 N–H and O–H groups in total. The number of halogens is 4. The van der Waals surface area contributed by atoms with Gasteiger partial charge in [-0.1, -0.05) is 39.4 Å². The lowest BCUT2D eigenvalue weighted by Crippen LogP contribution is -2.03. The molecule has 0 radical (unpaired) electrons. The Bertz CT molecular complexity index is 1280. The van der Waals surface area contributed by atoms with Crippen molar-refractivity contribution in [2.75, 3.05) is 0 Å². The first-order valence-electron chi connectivity index (χ1n) is 8.19. The molecule has 9 heteroatoms. The van der Waals surface area contributed by atoms with E-state index in [0.29, 0.717) is 16.2 Å². The van der Waals surface area contributed by atoms with Crippen LogP contribution in [-0.4, -0.2) is 19.6 Å². The van der Waals surface area contributed by atoms with Crippen LogP contribution >= 0.6 is 27.3 Å². The lowest BCUT2D eigenvalue weighted by atomic mass is 10.1. The molecular weight excluding hydrogens is 453 g/mol. The van der Waals surface area contributed by atoms with E-state index in [1.165, 1.54) is 23.5 Å². The minimum atomic E-state index is -4.35. The second-order valence-corrected chi connectivity index (χ2v) is 8.10. The molecule has 0 spiro atoms. The molecule has 4 nitrogen and oxygen atoms in total. The van der Waals surface area contributed by atoms with Gasteiger partial charge in [0, 0.05) is 32.7 Å². The Hall–Kier alpha value is -2.65. The molecular formula is C19H10BrF3N4S. The van der Waals surface area contributed by atoms with Crippen LogP contribution in [0.3, 0.4) is 0 Å². The minimum absolute atomic E-state index is 0.584. The normalized spacial score (nSPS) is 12.3. The van der Waals surface area contributed by atoms with Crippen molar-refractivity contribution < 1.29 is 13.2 Å². The summed E-state index contributed by atoms with van der Waals surface area (Å²) in [5.74, 6) is 0. The van der Waals surface area contributed by atoms with Gasteiger partial charge in [-0.3, -0.25) is 0 Å². The molecule has 0 bridgehead atoms. The van der Waals surface area contributed by atoms with Crippen LogP contribution in [0.25, 0.3) is 37.7 Å². The molecule has 0 saturated carbocycles. The first-order chi connectivity index (χ1) is 13.4. The summed E-state index contributed by atoms with van der Waals surface area (Å²) in [5.41, 5.74) is 2.51. The highest BCUT2D eigenvalue weighted by Gasteiger charge is 2.30. The third-order valence-corrected chi connectivity index (χ3v) is 5.87. The molecule has 0 aliphatic carbocycles. The van der Waals surface area contributed by atoms with Crippen LogP contribution in [0, 0.1) is 0 Å². The highest BCUT2D eigenvalue weighted by atomic mass is 79.9. The summed E-state index contributed by atoms with van der Waals surface area (Å²) in [6, 6.07) is 11.0. The number of benzene rings is 2. The number of alkyl halides is 3. The lowest BCUT2D eigenvalue weighted by Gasteiger charge is -2.06. The monoisotopic (exact) mass is 462 g/mol. The van der Waals surface area contributed by atoms with Crippen molar-refractivity contribution in [1.82, 2.24) is 19.6 Å². The predicted octanol–water partition coefficient (Wildman–Crippen LogP) is 6.39. The van der Waals surface area contributed by atoms with Crippen LogP contribution in [0.15, 0.2) is 59.3 Å². The van der Waals surface area contributed by atoms with Gasteiger partial charge < -0.3 is 4.98 Å². The molecule has 0 saturated heterocycles. The Labute approximate surface area is 168 Å². The molecule has 0 fully saturated rings. The summed E-state index contributed by atoms with van der Waals surface area (Å²) >= 11 is 4.91. The van der Waals surface area contributed by atoms with Gasteiger partial charge in [-0.25, -0.2) is 9.50 Å². The Morgan fingerprint density at radius 1 is 1.07 bits per heavy atom. The maximum Gasteiger partial charge on any atom is 0.416 e. The molecule has 28 heavy (non-hydrogen) atoms. The van der Waals surface area contributed by atoms with Gasteiger partial charge in [0.05, 0.1) is 17.5 Å². The second kappa shape index (κ2) is 6.18. The maximum absolute atomic E-state index is 12.7. The van der Waals surface area contributed by atoms with Crippen LogP contribution in [0.4, 0.5) is 13.2 Å².